The van der Waals surface area contributed by atoms with E-state index in [0.717, 1.165) is 5.69 Å². The van der Waals surface area contributed by atoms with Gasteiger partial charge in [0, 0.05) is 36.1 Å². The molecule has 4 aromatic rings. The first-order valence-corrected chi connectivity index (χ1v) is 12.6. The normalized spacial score (nSPS) is 14.3. The Kier molecular flexibility index (Phi) is 6.69. The Morgan fingerprint density at radius 3 is 2.72 bits per heavy atom. The van der Waals surface area contributed by atoms with Gasteiger partial charge in [-0.1, -0.05) is 22.9 Å². The lowest BCUT2D eigenvalue weighted by Gasteiger charge is -2.29. The number of aryl methyl sites for hydroxylation is 2. The van der Waals surface area contributed by atoms with Crippen LogP contribution in [0.5, 0.6) is 5.75 Å². The molecule has 0 atom stereocenters. The Morgan fingerprint density at radius 2 is 1.97 bits per heavy atom. The highest BCUT2D eigenvalue weighted by atomic mass is 35.5. The van der Waals surface area contributed by atoms with Crippen LogP contribution < -0.4 is 15.0 Å². The van der Waals surface area contributed by atoms with Crippen LogP contribution in [0.2, 0.25) is 5.15 Å². The van der Waals surface area contributed by atoms with Crippen LogP contribution in [0.3, 0.4) is 0 Å². The summed E-state index contributed by atoms with van der Waals surface area (Å²) in [5, 5.41) is 13.1. The van der Waals surface area contributed by atoms with Gasteiger partial charge in [-0.2, -0.15) is 4.98 Å². The summed E-state index contributed by atoms with van der Waals surface area (Å²) in [6.07, 6.45) is 4.28. The standard InChI is InChI=1S/C24H24ClN7O3S/c1-12-10-16(15-4-7-26-11-17(15)35-3)18(20(25)27-12)21(34)30-24-29-19-13(2)28-23(31-22(19)36-24)32-8-5-14(33)6-9-32/h4,7,10-11,14,33H,5-6,8-9H2,1-3H3,(H,29,30,34). The van der Waals surface area contributed by atoms with E-state index in [4.69, 9.17) is 16.3 Å². The number of carbonyl (C=O) groups excluding carboxylic acids is 1. The second-order valence-corrected chi connectivity index (χ2v) is 9.84. The molecule has 4 aromatic heterocycles. The van der Waals surface area contributed by atoms with E-state index in [1.807, 2.05) is 6.92 Å². The van der Waals surface area contributed by atoms with E-state index in [0.29, 0.717) is 69.9 Å². The van der Waals surface area contributed by atoms with Crippen LogP contribution in [0.15, 0.2) is 24.5 Å². The number of nitrogens with zero attached hydrogens (tertiary/aromatic N) is 6. The van der Waals surface area contributed by atoms with Gasteiger partial charge in [-0.15, -0.1) is 0 Å². The summed E-state index contributed by atoms with van der Waals surface area (Å²) in [5.41, 5.74) is 3.47. The largest absolute Gasteiger partial charge is 0.494 e. The molecule has 1 amide bonds. The van der Waals surface area contributed by atoms with Crippen molar-refractivity contribution in [1.29, 1.82) is 0 Å². The number of methoxy groups -OCH3 is 1. The first-order chi connectivity index (χ1) is 17.3. The Labute approximate surface area is 216 Å². The van der Waals surface area contributed by atoms with Crippen LogP contribution in [-0.4, -0.2) is 62.2 Å². The van der Waals surface area contributed by atoms with Crippen LogP contribution in [0, 0.1) is 13.8 Å². The molecule has 2 N–H and O–H groups in total. The highest BCUT2D eigenvalue weighted by molar-refractivity contribution is 7.22. The molecule has 1 aliphatic heterocycles. The molecular formula is C24H24ClN7O3S. The van der Waals surface area contributed by atoms with Gasteiger partial charge in [0.1, 0.15) is 16.4 Å². The molecule has 12 heteroatoms. The number of amides is 1. The van der Waals surface area contributed by atoms with E-state index in [-0.39, 0.29) is 16.8 Å². The van der Waals surface area contributed by atoms with Gasteiger partial charge in [0.2, 0.25) is 5.95 Å². The second kappa shape index (κ2) is 9.92. The molecule has 1 saturated heterocycles. The number of rotatable bonds is 5. The van der Waals surface area contributed by atoms with Gasteiger partial charge >= 0.3 is 0 Å². The predicted octanol–water partition coefficient (Wildman–Crippen LogP) is 4.04. The molecule has 5 rings (SSSR count). The number of hydrogen-bond donors (Lipinski definition) is 2. The number of aliphatic hydroxyl groups is 1. The average molecular weight is 526 g/mol. The van der Waals surface area contributed by atoms with E-state index in [1.54, 1.807) is 38.6 Å². The fourth-order valence-electron chi connectivity index (χ4n) is 4.19. The monoisotopic (exact) mass is 525 g/mol. The van der Waals surface area contributed by atoms with Crippen LogP contribution in [0.4, 0.5) is 11.1 Å². The summed E-state index contributed by atoms with van der Waals surface area (Å²) in [6, 6.07) is 3.55. The molecule has 0 unspecified atom stereocenters. The van der Waals surface area contributed by atoms with Gasteiger partial charge in [0.15, 0.2) is 9.96 Å². The molecule has 0 bridgehead atoms. The number of aliphatic hydroxyl groups excluding tert-OH is 1. The van der Waals surface area contributed by atoms with Gasteiger partial charge in [-0.3, -0.25) is 15.1 Å². The van der Waals surface area contributed by atoms with Gasteiger partial charge in [-0.25, -0.2) is 15.0 Å². The number of halogens is 1. The number of nitrogens with one attached hydrogen (secondary N) is 1. The third kappa shape index (κ3) is 4.69. The highest BCUT2D eigenvalue weighted by Crippen LogP contribution is 2.36. The van der Waals surface area contributed by atoms with Crippen molar-refractivity contribution in [1.82, 2.24) is 24.9 Å². The fraction of sp³-hybridized carbons (Fsp3) is 0.333. The maximum Gasteiger partial charge on any atom is 0.261 e. The number of aromatic nitrogens is 5. The Morgan fingerprint density at radius 1 is 1.19 bits per heavy atom. The number of hydrogen-bond acceptors (Lipinski definition) is 10. The highest BCUT2D eigenvalue weighted by Gasteiger charge is 2.24. The number of thiazole rings is 1. The molecule has 186 valence electrons. The van der Waals surface area contributed by atoms with Crippen molar-refractivity contribution in [3.05, 3.63) is 46.6 Å². The van der Waals surface area contributed by atoms with Gasteiger partial charge in [-0.05, 0) is 38.8 Å². The van der Waals surface area contributed by atoms with Crippen molar-refractivity contribution < 1.29 is 14.6 Å². The number of anilines is 2. The number of piperidine rings is 1. The second-order valence-electron chi connectivity index (χ2n) is 8.51. The molecule has 10 nitrogen and oxygen atoms in total. The zero-order valence-corrected chi connectivity index (χ0v) is 21.5. The lowest BCUT2D eigenvalue weighted by Crippen LogP contribution is -2.36. The number of fused-ring (bicyclic) bond motifs is 1. The summed E-state index contributed by atoms with van der Waals surface area (Å²) in [7, 11) is 1.54. The number of pyridine rings is 2. The number of ether oxygens (including phenoxy) is 1. The molecule has 1 aliphatic rings. The van der Waals surface area contributed by atoms with E-state index in [2.05, 4.69) is 35.1 Å². The van der Waals surface area contributed by atoms with Crippen LogP contribution in [0.1, 0.15) is 34.6 Å². The fourth-order valence-corrected chi connectivity index (χ4v) is 5.39. The zero-order valence-electron chi connectivity index (χ0n) is 19.9. The third-order valence-electron chi connectivity index (χ3n) is 6.01. The summed E-state index contributed by atoms with van der Waals surface area (Å²) >= 11 is 7.73. The molecular weight excluding hydrogens is 502 g/mol. The van der Waals surface area contributed by atoms with Crippen molar-refractivity contribution in [2.45, 2.75) is 32.8 Å². The minimum Gasteiger partial charge on any atom is -0.494 e. The van der Waals surface area contributed by atoms with Crippen LogP contribution in [-0.2, 0) is 0 Å². The Balaban J connectivity index is 1.48. The third-order valence-corrected chi connectivity index (χ3v) is 7.15. The summed E-state index contributed by atoms with van der Waals surface area (Å²) in [4.78, 5) is 38.4. The zero-order chi connectivity index (χ0) is 25.4. The number of carbonyl (C=O) groups is 1. The first-order valence-electron chi connectivity index (χ1n) is 11.4. The van der Waals surface area contributed by atoms with Crippen LogP contribution in [0.25, 0.3) is 21.5 Å². The lowest BCUT2D eigenvalue weighted by atomic mass is 10.0. The van der Waals surface area contributed by atoms with Crippen molar-refractivity contribution >= 4 is 50.3 Å². The summed E-state index contributed by atoms with van der Waals surface area (Å²) < 4.78 is 5.45. The van der Waals surface area contributed by atoms with Gasteiger partial charge in [0.05, 0.1) is 30.7 Å². The van der Waals surface area contributed by atoms with E-state index < -0.39 is 5.91 Å². The average Bonchev–Trinajstić information content (AvgIpc) is 3.26. The maximum atomic E-state index is 13.5. The Bertz CT molecular complexity index is 1450. The topological polar surface area (TPSA) is 126 Å². The molecule has 1 fully saturated rings. The predicted molar refractivity (Wildman–Crippen MR) is 139 cm³/mol. The quantitative estimate of drug-likeness (QED) is 0.371. The minimum absolute atomic E-state index is 0.0769. The molecule has 0 aliphatic carbocycles. The summed E-state index contributed by atoms with van der Waals surface area (Å²) in [6.45, 7) is 5.05. The molecule has 5 heterocycles. The lowest BCUT2D eigenvalue weighted by molar-refractivity contribution is 0.102. The van der Waals surface area contributed by atoms with Crippen molar-refractivity contribution in [2.24, 2.45) is 0 Å². The van der Waals surface area contributed by atoms with Crippen molar-refractivity contribution in [3.63, 3.8) is 0 Å². The first kappa shape index (κ1) is 24.3. The van der Waals surface area contributed by atoms with E-state index in [9.17, 15) is 9.90 Å². The molecule has 0 spiro atoms. The molecule has 0 radical (unpaired) electrons. The molecule has 36 heavy (non-hydrogen) atoms. The maximum absolute atomic E-state index is 13.5. The van der Waals surface area contributed by atoms with Crippen LogP contribution >= 0.6 is 22.9 Å². The van der Waals surface area contributed by atoms with Crippen molar-refractivity contribution in [2.75, 3.05) is 30.4 Å². The van der Waals surface area contributed by atoms with Crippen molar-refractivity contribution in [3.8, 4) is 16.9 Å². The summed E-state index contributed by atoms with van der Waals surface area (Å²) in [5.74, 6) is 0.666. The van der Waals surface area contributed by atoms with E-state index in [1.165, 1.54) is 11.3 Å². The smallest absolute Gasteiger partial charge is 0.261 e. The molecule has 0 saturated carbocycles. The SMILES string of the molecule is COc1cnccc1-c1cc(C)nc(Cl)c1C(=O)Nc1nc2c(C)nc(N3CCC(O)CC3)nc2s1. The van der Waals surface area contributed by atoms with Gasteiger partial charge < -0.3 is 14.7 Å². The molecule has 0 aromatic carbocycles. The Hall–Kier alpha value is -3.41. The van der Waals surface area contributed by atoms with Gasteiger partial charge in [0.25, 0.3) is 5.91 Å². The minimum atomic E-state index is -0.448. The van der Waals surface area contributed by atoms with E-state index >= 15 is 0 Å².